The van der Waals surface area contributed by atoms with Crippen LogP contribution in [0.15, 0.2) is 12.2 Å². The van der Waals surface area contributed by atoms with Crippen molar-refractivity contribution in [3.8, 4) is 0 Å². The minimum Gasteiger partial charge on any atom is -0.0848 e. The van der Waals surface area contributed by atoms with Gasteiger partial charge in [0.2, 0.25) is 0 Å². The molecule has 15 heavy (non-hydrogen) atoms. The highest BCUT2D eigenvalue weighted by molar-refractivity contribution is 5.11. The molecule has 0 saturated heterocycles. The minimum absolute atomic E-state index is 0.977. The van der Waals surface area contributed by atoms with Crippen LogP contribution < -0.4 is 0 Å². The van der Waals surface area contributed by atoms with Gasteiger partial charge in [-0.25, -0.2) is 0 Å². The molecule has 2 rings (SSSR count). The molecule has 0 amide bonds. The third-order valence-electron chi connectivity index (χ3n) is 4.43. The highest BCUT2D eigenvalue weighted by Gasteiger charge is 2.36. The lowest BCUT2D eigenvalue weighted by atomic mass is 9.90. The van der Waals surface area contributed by atoms with Crippen molar-refractivity contribution in [1.29, 1.82) is 0 Å². The fourth-order valence-electron chi connectivity index (χ4n) is 3.48. The van der Waals surface area contributed by atoms with Gasteiger partial charge in [-0.15, -0.1) is 0 Å². The average Bonchev–Trinajstić information content (AvgIpc) is 2.83. The van der Waals surface area contributed by atoms with E-state index in [0.29, 0.717) is 0 Å². The second-order valence-electron chi connectivity index (χ2n) is 5.51. The van der Waals surface area contributed by atoms with Gasteiger partial charge in [0, 0.05) is 0 Å². The van der Waals surface area contributed by atoms with Gasteiger partial charge >= 0.3 is 0 Å². The third-order valence-corrected chi connectivity index (χ3v) is 4.43. The first-order valence-electron chi connectivity index (χ1n) is 7.10. The lowest BCUT2D eigenvalue weighted by Gasteiger charge is -2.15. The lowest BCUT2D eigenvalue weighted by Crippen LogP contribution is -2.06. The maximum absolute atomic E-state index is 2.50. The summed E-state index contributed by atoms with van der Waals surface area (Å²) in [7, 11) is 0. The second kappa shape index (κ2) is 5.72. The van der Waals surface area contributed by atoms with Crippen LogP contribution in [0.25, 0.3) is 0 Å². The fraction of sp³-hybridized carbons (Fsp3) is 0.867. The number of unbranched alkanes of at least 4 members (excludes halogenated alkanes) is 5. The summed E-state index contributed by atoms with van der Waals surface area (Å²) < 4.78 is 0. The average molecular weight is 206 g/mol. The van der Waals surface area contributed by atoms with Crippen molar-refractivity contribution in [2.75, 3.05) is 0 Å². The highest BCUT2D eigenvalue weighted by atomic mass is 14.4. The standard InChI is InChI=1S/C15H26/c1-2-3-4-5-6-7-8-15-13-9-10-14(15)12-11-13/h9-10,13-15H,2-8,11-12H2,1H3. The van der Waals surface area contributed by atoms with Crippen molar-refractivity contribution in [1.82, 2.24) is 0 Å². The van der Waals surface area contributed by atoms with Gasteiger partial charge in [-0.2, -0.15) is 0 Å². The van der Waals surface area contributed by atoms with Crippen LogP contribution in [-0.4, -0.2) is 0 Å². The molecule has 2 aliphatic carbocycles. The van der Waals surface area contributed by atoms with Crippen molar-refractivity contribution >= 4 is 0 Å². The molecule has 0 spiro atoms. The molecule has 0 aromatic heterocycles. The van der Waals surface area contributed by atoms with E-state index in [1.807, 2.05) is 0 Å². The molecular formula is C15H26. The predicted molar refractivity (Wildman–Crippen MR) is 66.8 cm³/mol. The molecule has 0 N–H and O–H groups in total. The van der Waals surface area contributed by atoms with Crippen LogP contribution in [0.5, 0.6) is 0 Å². The molecule has 86 valence electrons. The van der Waals surface area contributed by atoms with Crippen LogP contribution in [0.4, 0.5) is 0 Å². The molecule has 0 aliphatic heterocycles. The molecule has 0 radical (unpaired) electrons. The van der Waals surface area contributed by atoms with Crippen molar-refractivity contribution in [2.45, 2.75) is 64.7 Å². The Kier molecular flexibility index (Phi) is 4.29. The van der Waals surface area contributed by atoms with Crippen molar-refractivity contribution in [3.05, 3.63) is 12.2 Å². The van der Waals surface area contributed by atoms with Gasteiger partial charge in [0.1, 0.15) is 0 Å². The molecule has 1 fully saturated rings. The number of fused-ring (bicyclic) bond motifs is 2. The van der Waals surface area contributed by atoms with Crippen LogP contribution in [-0.2, 0) is 0 Å². The monoisotopic (exact) mass is 206 g/mol. The van der Waals surface area contributed by atoms with Gasteiger partial charge in [0.05, 0.1) is 0 Å². The molecule has 0 nitrogen and oxygen atoms in total. The normalized spacial score (nSPS) is 32.7. The molecule has 0 aromatic rings. The third kappa shape index (κ3) is 2.86. The first-order valence-corrected chi connectivity index (χ1v) is 7.10. The fourth-order valence-corrected chi connectivity index (χ4v) is 3.48. The topological polar surface area (TPSA) is 0 Å². The molecule has 0 aromatic carbocycles. The first kappa shape index (κ1) is 11.2. The summed E-state index contributed by atoms with van der Waals surface area (Å²) in [4.78, 5) is 0. The maximum atomic E-state index is 2.50. The van der Waals surface area contributed by atoms with Crippen molar-refractivity contribution in [3.63, 3.8) is 0 Å². The highest BCUT2D eigenvalue weighted by Crippen LogP contribution is 2.46. The summed E-state index contributed by atoms with van der Waals surface area (Å²) in [6, 6.07) is 0. The van der Waals surface area contributed by atoms with E-state index in [2.05, 4.69) is 19.1 Å². The van der Waals surface area contributed by atoms with Crippen molar-refractivity contribution < 1.29 is 0 Å². The summed E-state index contributed by atoms with van der Waals surface area (Å²) in [5.74, 6) is 3.01. The Morgan fingerprint density at radius 3 is 2.07 bits per heavy atom. The van der Waals surface area contributed by atoms with Crippen LogP contribution in [0.1, 0.15) is 64.7 Å². The number of allylic oxidation sites excluding steroid dienone is 2. The summed E-state index contributed by atoms with van der Waals surface area (Å²) in [5.41, 5.74) is 0. The van der Waals surface area contributed by atoms with E-state index in [-0.39, 0.29) is 0 Å². The Hall–Kier alpha value is -0.260. The molecule has 2 bridgehead atoms. The van der Waals surface area contributed by atoms with Crippen LogP contribution in [0.2, 0.25) is 0 Å². The maximum Gasteiger partial charge on any atom is -0.0199 e. The molecule has 2 unspecified atom stereocenters. The number of hydrogen-bond acceptors (Lipinski definition) is 0. The van der Waals surface area contributed by atoms with E-state index in [1.54, 1.807) is 0 Å². The SMILES string of the molecule is CCCCCCCCC1C2C=CC1CC2. The quantitative estimate of drug-likeness (QED) is 0.408. The predicted octanol–water partition coefficient (Wildman–Crippen LogP) is 4.95. The summed E-state index contributed by atoms with van der Waals surface area (Å²) in [6.07, 6.45) is 18.2. The number of rotatable bonds is 7. The van der Waals surface area contributed by atoms with Gasteiger partial charge in [-0.05, 0) is 37.0 Å². The Morgan fingerprint density at radius 2 is 1.47 bits per heavy atom. The zero-order chi connectivity index (χ0) is 10.5. The molecule has 1 saturated carbocycles. The van der Waals surface area contributed by atoms with E-state index in [0.717, 1.165) is 17.8 Å². The lowest BCUT2D eigenvalue weighted by molar-refractivity contribution is 0.378. The van der Waals surface area contributed by atoms with E-state index in [1.165, 1.54) is 57.8 Å². The Morgan fingerprint density at radius 1 is 0.867 bits per heavy atom. The second-order valence-corrected chi connectivity index (χ2v) is 5.51. The molecular weight excluding hydrogens is 180 g/mol. The van der Waals surface area contributed by atoms with Gasteiger partial charge in [0.25, 0.3) is 0 Å². The largest absolute Gasteiger partial charge is 0.0848 e. The molecule has 2 aliphatic rings. The van der Waals surface area contributed by atoms with Crippen molar-refractivity contribution in [2.24, 2.45) is 17.8 Å². The van der Waals surface area contributed by atoms with E-state index >= 15 is 0 Å². The zero-order valence-corrected chi connectivity index (χ0v) is 10.3. The molecule has 2 atom stereocenters. The van der Waals surface area contributed by atoms with Crippen LogP contribution in [0.3, 0.4) is 0 Å². The van der Waals surface area contributed by atoms with Gasteiger partial charge < -0.3 is 0 Å². The Labute approximate surface area is 95.1 Å². The first-order chi connectivity index (χ1) is 7.42. The van der Waals surface area contributed by atoms with Gasteiger partial charge in [0.15, 0.2) is 0 Å². The minimum atomic E-state index is 0.977. The van der Waals surface area contributed by atoms with Crippen LogP contribution in [0, 0.1) is 17.8 Å². The summed E-state index contributed by atoms with van der Waals surface area (Å²) in [5, 5.41) is 0. The Bertz CT molecular complexity index is 190. The van der Waals surface area contributed by atoms with Crippen LogP contribution >= 0.6 is 0 Å². The Balaban J connectivity index is 1.52. The number of hydrogen-bond donors (Lipinski definition) is 0. The van der Waals surface area contributed by atoms with E-state index < -0.39 is 0 Å². The van der Waals surface area contributed by atoms with Gasteiger partial charge in [-0.3, -0.25) is 0 Å². The van der Waals surface area contributed by atoms with E-state index in [4.69, 9.17) is 0 Å². The zero-order valence-electron chi connectivity index (χ0n) is 10.3. The van der Waals surface area contributed by atoms with E-state index in [9.17, 15) is 0 Å². The molecule has 0 heterocycles. The smallest absolute Gasteiger partial charge is 0.0199 e. The summed E-state index contributed by atoms with van der Waals surface area (Å²) in [6.45, 7) is 2.29. The van der Waals surface area contributed by atoms with Gasteiger partial charge in [-0.1, -0.05) is 57.6 Å². The molecule has 0 heteroatoms. The summed E-state index contributed by atoms with van der Waals surface area (Å²) >= 11 is 0.